The van der Waals surface area contributed by atoms with E-state index in [1.165, 1.54) is 0 Å². The van der Waals surface area contributed by atoms with Gasteiger partial charge in [0, 0.05) is 4.75 Å². The zero-order valence-electron chi connectivity index (χ0n) is 23.8. The third-order valence-corrected chi connectivity index (χ3v) is 9.99. The average molecular weight is 573 g/mol. The topological polar surface area (TPSA) is 75.9 Å². The first-order valence-electron chi connectivity index (χ1n) is 14.2. The first-order chi connectivity index (χ1) is 20.4. The summed E-state index contributed by atoms with van der Waals surface area (Å²) in [5, 5.41) is 16.7. The number of amides is 1. The molecular weight excluding hydrogens is 540 g/mol. The largest absolute Gasteiger partial charge is 0.315 e. The lowest BCUT2D eigenvalue weighted by molar-refractivity contribution is -0.150. The Kier molecular flexibility index (Phi) is 6.48. The van der Waals surface area contributed by atoms with Crippen molar-refractivity contribution in [1.82, 2.24) is 30.4 Å². The number of hydrogen-bond donors (Lipinski definition) is 1. The number of aromatic nitrogens is 4. The molecule has 0 aliphatic carbocycles. The molecule has 0 radical (unpaired) electrons. The van der Waals surface area contributed by atoms with Crippen molar-refractivity contribution >= 4 is 17.7 Å². The Morgan fingerprint density at radius 3 is 1.93 bits per heavy atom. The maximum Gasteiger partial charge on any atom is 0.244 e. The van der Waals surface area contributed by atoms with Crippen LogP contribution in [0.15, 0.2) is 115 Å². The van der Waals surface area contributed by atoms with Crippen LogP contribution in [0, 0.1) is 6.92 Å². The number of aryl methyl sites for hydroxylation is 1. The van der Waals surface area contributed by atoms with Crippen LogP contribution in [0.25, 0.3) is 5.69 Å². The molecule has 210 valence electrons. The van der Waals surface area contributed by atoms with E-state index >= 15 is 0 Å². The average Bonchev–Trinajstić information content (AvgIpc) is 3.59. The molecule has 2 aliphatic heterocycles. The van der Waals surface area contributed by atoms with Gasteiger partial charge in [-0.2, -0.15) is 4.68 Å². The molecule has 42 heavy (non-hydrogen) atoms. The van der Waals surface area contributed by atoms with E-state index in [2.05, 4.69) is 114 Å². The Balaban J connectivity index is 1.30. The lowest BCUT2D eigenvalue weighted by Crippen LogP contribution is -2.70. The van der Waals surface area contributed by atoms with Gasteiger partial charge in [-0.25, -0.2) is 0 Å². The molecule has 8 heteroatoms. The van der Waals surface area contributed by atoms with Gasteiger partial charge in [-0.05, 0) is 65.6 Å². The smallest absolute Gasteiger partial charge is 0.244 e. The highest BCUT2D eigenvalue weighted by molar-refractivity contribution is 8.01. The number of hydrogen-bond acceptors (Lipinski definition) is 6. The van der Waals surface area contributed by atoms with E-state index in [1.54, 1.807) is 16.4 Å². The molecule has 3 heterocycles. The second kappa shape index (κ2) is 10.2. The molecule has 0 bridgehead atoms. The van der Waals surface area contributed by atoms with Crippen molar-refractivity contribution in [3.8, 4) is 5.69 Å². The van der Waals surface area contributed by atoms with Crippen molar-refractivity contribution in [2.45, 2.75) is 48.5 Å². The predicted octanol–water partition coefficient (Wildman–Crippen LogP) is 5.66. The van der Waals surface area contributed by atoms with Gasteiger partial charge in [0.1, 0.15) is 17.5 Å². The number of thioether (sulfide) groups is 1. The minimum atomic E-state index is -0.734. The highest BCUT2D eigenvalue weighted by atomic mass is 32.2. The molecule has 2 saturated heterocycles. The van der Waals surface area contributed by atoms with Gasteiger partial charge in [-0.3, -0.25) is 10.1 Å². The number of carbonyl (C=O) groups is 1. The summed E-state index contributed by atoms with van der Waals surface area (Å²) in [5.41, 5.74) is 4.51. The Bertz CT molecular complexity index is 1630. The van der Waals surface area contributed by atoms with Crippen molar-refractivity contribution in [3.05, 3.63) is 143 Å². The van der Waals surface area contributed by atoms with Crippen LogP contribution in [0.4, 0.5) is 0 Å². The molecule has 1 aromatic heterocycles. The van der Waals surface area contributed by atoms with Crippen molar-refractivity contribution in [2.75, 3.05) is 0 Å². The number of nitrogens with zero attached hydrogens (tertiary/aromatic N) is 5. The van der Waals surface area contributed by atoms with Gasteiger partial charge in [0.05, 0.1) is 11.2 Å². The summed E-state index contributed by atoms with van der Waals surface area (Å²) >= 11 is 1.80. The quantitative estimate of drug-likeness (QED) is 0.201. The number of nitrogens with one attached hydrogen (secondary N) is 1. The zero-order chi connectivity index (χ0) is 28.9. The van der Waals surface area contributed by atoms with Crippen LogP contribution in [-0.2, 0) is 10.3 Å². The first-order valence-corrected chi connectivity index (χ1v) is 15.1. The van der Waals surface area contributed by atoms with Crippen LogP contribution >= 0.6 is 11.8 Å². The fourth-order valence-electron chi connectivity index (χ4n) is 6.52. The van der Waals surface area contributed by atoms with Crippen molar-refractivity contribution in [1.29, 1.82) is 0 Å². The second-order valence-corrected chi connectivity index (χ2v) is 13.3. The third-order valence-electron chi connectivity index (χ3n) is 8.42. The van der Waals surface area contributed by atoms with Gasteiger partial charge >= 0.3 is 0 Å². The summed E-state index contributed by atoms with van der Waals surface area (Å²) in [6.07, 6.45) is 0. The van der Waals surface area contributed by atoms with Crippen LogP contribution in [0.1, 0.15) is 48.0 Å². The van der Waals surface area contributed by atoms with Crippen LogP contribution < -0.4 is 5.32 Å². The fourth-order valence-corrected chi connectivity index (χ4v) is 8.15. The van der Waals surface area contributed by atoms with E-state index in [0.29, 0.717) is 5.82 Å². The van der Waals surface area contributed by atoms with Gasteiger partial charge in [-0.1, -0.05) is 103 Å². The van der Waals surface area contributed by atoms with Crippen LogP contribution in [0.3, 0.4) is 0 Å². The maximum absolute atomic E-state index is 14.3. The summed E-state index contributed by atoms with van der Waals surface area (Å²) in [6, 6.07) is 38.6. The van der Waals surface area contributed by atoms with E-state index in [-0.39, 0.29) is 22.1 Å². The number of β-lactam (4-membered cyclic amide) rings is 1. The van der Waals surface area contributed by atoms with Gasteiger partial charge in [-0.15, -0.1) is 16.9 Å². The maximum atomic E-state index is 14.3. The molecule has 2 aliphatic rings. The van der Waals surface area contributed by atoms with Gasteiger partial charge in [0.2, 0.25) is 5.91 Å². The van der Waals surface area contributed by atoms with Crippen LogP contribution in [0.2, 0.25) is 0 Å². The molecule has 2 fully saturated rings. The highest BCUT2D eigenvalue weighted by Crippen LogP contribution is 2.58. The van der Waals surface area contributed by atoms with Crippen LogP contribution in [-0.4, -0.2) is 47.2 Å². The van der Waals surface area contributed by atoms with E-state index in [0.717, 1.165) is 27.9 Å². The lowest BCUT2D eigenvalue weighted by atomic mass is 9.76. The summed E-state index contributed by atoms with van der Waals surface area (Å²) < 4.78 is 1.46. The first kappa shape index (κ1) is 26.6. The molecule has 1 N–H and O–H groups in total. The fraction of sp³-hybridized carbons (Fsp3) is 0.235. The Morgan fingerprint density at radius 2 is 1.38 bits per heavy atom. The number of benzene rings is 4. The molecule has 2 unspecified atom stereocenters. The monoisotopic (exact) mass is 572 g/mol. The molecule has 3 atom stereocenters. The van der Waals surface area contributed by atoms with E-state index < -0.39 is 11.6 Å². The number of rotatable bonds is 7. The minimum Gasteiger partial charge on any atom is -0.315 e. The SMILES string of the molecule is Cc1cccc(-n2nnnc2C2N3C(=O)C(NC(c4ccccc4)(c4ccccc4)c4ccccc4)[C@@H]3SC2(C)C)c1. The van der Waals surface area contributed by atoms with Gasteiger partial charge in [0.15, 0.2) is 5.82 Å². The van der Waals surface area contributed by atoms with Crippen molar-refractivity contribution in [3.63, 3.8) is 0 Å². The van der Waals surface area contributed by atoms with Crippen LogP contribution in [0.5, 0.6) is 0 Å². The minimum absolute atomic E-state index is 0.0500. The normalized spacial score (nSPS) is 21.2. The molecule has 0 spiro atoms. The molecule has 7 rings (SSSR count). The summed E-state index contributed by atoms with van der Waals surface area (Å²) in [6.45, 7) is 6.41. The second-order valence-electron chi connectivity index (χ2n) is 11.5. The van der Waals surface area contributed by atoms with Crippen molar-refractivity contribution in [2.24, 2.45) is 0 Å². The molecule has 5 aromatic rings. The van der Waals surface area contributed by atoms with Gasteiger partial charge < -0.3 is 4.90 Å². The highest BCUT2D eigenvalue weighted by Gasteiger charge is 2.64. The number of carbonyl (C=O) groups excluding carboxylic acids is 1. The molecule has 7 nitrogen and oxygen atoms in total. The lowest BCUT2D eigenvalue weighted by Gasteiger charge is -2.49. The third kappa shape index (κ3) is 4.16. The molecule has 1 amide bonds. The zero-order valence-corrected chi connectivity index (χ0v) is 24.6. The van der Waals surface area contributed by atoms with E-state index in [1.807, 2.05) is 48.2 Å². The molecule has 0 saturated carbocycles. The standard InChI is InChI=1S/C34H32N6OS/c1-23-14-13-21-27(22-23)40-30(36-37-38-40)29-33(2,3)42-32-28(31(41)39(29)32)35-34(24-15-7-4-8-16-24,25-17-9-5-10-18-25)26-19-11-6-12-20-26/h4-22,28-29,32,35H,1-3H3/t28?,29?,32-/m0/s1. The van der Waals surface area contributed by atoms with Gasteiger partial charge in [0.25, 0.3) is 0 Å². The van der Waals surface area contributed by atoms with Crippen molar-refractivity contribution < 1.29 is 4.79 Å². The summed E-state index contributed by atoms with van der Waals surface area (Å²) in [7, 11) is 0. The predicted molar refractivity (Wildman–Crippen MR) is 165 cm³/mol. The Labute approximate surface area is 250 Å². The Morgan fingerprint density at radius 1 is 0.810 bits per heavy atom. The number of tetrazole rings is 1. The molecular formula is C34H32N6OS. The van der Waals surface area contributed by atoms with E-state index in [4.69, 9.17) is 0 Å². The summed E-state index contributed by atoms with van der Waals surface area (Å²) in [4.78, 5) is 16.3. The van der Waals surface area contributed by atoms with E-state index in [9.17, 15) is 4.79 Å². The molecule has 4 aromatic carbocycles. The summed E-state index contributed by atoms with van der Waals surface area (Å²) in [5.74, 6) is 0.724. The number of fused-ring (bicyclic) bond motifs is 1. The Hall–Kier alpha value is -4.27.